The van der Waals surface area contributed by atoms with E-state index >= 15 is 0 Å². The molecule has 6 nitrogen and oxygen atoms in total. The van der Waals surface area contributed by atoms with Crippen LogP contribution in [-0.2, 0) is 11.3 Å². The average molecular weight is 312 g/mol. The van der Waals surface area contributed by atoms with E-state index < -0.39 is 0 Å². The molecule has 21 heavy (non-hydrogen) atoms. The maximum Gasteiger partial charge on any atom is 0.343 e. The maximum absolute atomic E-state index is 12.2. The summed E-state index contributed by atoms with van der Waals surface area (Å²) >= 11 is 1.35. The van der Waals surface area contributed by atoms with E-state index in [4.69, 9.17) is 0 Å². The summed E-state index contributed by atoms with van der Waals surface area (Å²) in [6.07, 6.45) is 4.12. The van der Waals surface area contributed by atoms with Crippen LogP contribution in [0.1, 0.15) is 39.5 Å². The van der Waals surface area contributed by atoms with E-state index in [2.05, 4.69) is 24.0 Å². The molecule has 1 aliphatic rings. The fourth-order valence-corrected chi connectivity index (χ4v) is 3.28. The number of hydrogen-bond acceptors (Lipinski definition) is 4. The highest BCUT2D eigenvalue weighted by atomic mass is 32.2. The zero-order chi connectivity index (χ0) is 15.2. The van der Waals surface area contributed by atoms with Crippen molar-refractivity contribution in [1.82, 2.24) is 19.7 Å². The maximum atomic E-state index is 12.2. The number of carbonyl (C=O) groups excluding carboxylic acids is 1. The molecule has 0 aliphatic carbocycles. The van der Waals surface area contributed by atoms with Crippen molar-refractivity contribution in [3.63, 3.8) is 0 Å². The summed E-state index contributed by atoms with van der Waals surface area (Å²) in [5.41, 5.74) is -0.190. The van der Waals surface area contributed by atoms with Crippen molar-refractivity contribution in [1.29, 1.82) is 0 Å². The van der Waals surface area contributed by atoms with E-state index in [1.807, 2.05) is 4.90 Å². The third kappa shape index (κ3) is 4.36. The van der Waals surface area contributed by atoms with Crippen molar-refractivity contribution in [2.45, 2.75) is 51.2 Å². The minimum Gasteiger partial charge on any atom is -0.342 e. The Kier molecular flexibility index (Phi) is 5.90. The van der Waals surface area contributed by atoms with E-state index in [0.717, 1.165) is 38.8 Å². The standard InChI is InChI=1S/C14H24N4O2S/c1-3-4-7-18-13(20)15-16-14(18)21-10-12(19)17-8-5-11(2)6-9-17/h11H,3-10H2,1-2H3,(H,15,20). The van der Waals surface area contributed by atoms with Gasteiger partial charge in [-0.1, -0.05) is 32.0 Å². The van der Waals surface area contributed by atoms with E-state index in [-0.39, 0.29) is 11.6 Å². The molecule has 0 saturated carbocycles. The molecule has 1 aromatic rings. The van der Waals surface area contributed by atoms with Crippen LogP contribution >= 0.6 is 11.8 Å². The molecule has 2 rings (SSSR count). The lowest BCUT2D eigenvalue weighted by Crippen LogP contribution is -2.39. The lowest BCUT2D eigenvalue weighted by Gasteiger charge is -2.30. The monoisotopic (exact) mass is 312 g/mol. The molecule has 1 aliphatic heterocycles. The van der Waals surface area contributed by atoms with Gasteiger partial charge >= 0.3 is 5.69 Å². The number of carbonyl (C=O) groups is 1. The van der Waals surface area contributed by atoms with Crippen LogP contribution in [0.2, 0.25) is 0 Å². The molecular weight excluding hydrogens is 288 g/mol. The predicted molar refractivity (Wildman–Crippen MR) is 83.5 cm³/mol. The lowest BCUT2D eigenvalue weighted by atomic mass is 9.99. The summed E-state index contributed by atoms with van der Waals surface area (Å²) in [6.45, 7) is 6.67. The van der Waals surface area contributed by atoms with Crippen LogP contribution < -0.4 is 5.69 Å². The first kappa shape index (κ1) is 16.1. The van der Waals surface area contributed by atoms with Crippen molar-refractivity contribution in [3.8, 4) is 0 Å². The normalized spacial score (nSPS) is 16.4. The van der Waals surface area contributed by atoms with Gasteiger partial charge in [0.15, 0.2) is 5.16 Å². The Labute approximate surface area is 129 Å². The highest BCUT2D eigenvalue weighted by Gasteiger charge is 2.21. The Morgan fingerprint density at radius 3 is 2.81 bits per heavy atom. The number of rotatable bonds is 6. The van der Waals surface area contributed by atoms with E-state index in [9.17, 15) is 9.59 Å². The Balaban J connectivity index is 1.88. The molecule has 0 radical (unpaired) electrons. The highest BCUT2D eigenvalue weighted by molar-refractivity contribution is 7.99. The minimum atomic E-state index is -0.190. The van der Waals surface area contributed by atoms with Crippen LogP contribution in [0.5, 0.6) is 0 Å². The molecule has 0 aromatic carbocycles. The number of thioether (sulfide) groups is 1. The summed E-state index contributed by atoms with van der Waals surface area (Å²) < 4.78 is 1.62. The van der Waals surface area contributed by atoms with Gasteiger partial charge in [0.1, 0.15) is 0 Å². The fraction of sp³-hybridized carbons (Fsp3) is 0.786. The largest absolute Gasteiger partial charge is 0.343 e. The second kappa shape index (κ2) is 7.68. The van der Waals surface area contributed by atoms with Crippen molar-refractivity contribution < 1.29 is 4.79 Å². The molecule has 0 bridgehead atoms. The van der Waals surface area contributed by atoms with Gasteiger partial charge in [-0.3, -0.25) is 9.36 Å². The van der Waals surface area contributed by atoms with Gasteiger partial charge in [0, 0.05) is 19.6 Å². The van der Waals surface area contributed by atoms with Crippen LogP contribution in [-0.4, -0.2) is 44.4 Å². The number of nitrogens with one attached hydrogen (secondary N) is 1. The number of unbranched alkanes of at least 4 members (excludes halogenated alkanes) is 1. The fourth-order valence-electron chi connectivity index (χ4n) is 2.40. The van der Waals surface area contributed by atoms with Crippen LogP contribution in [0.25, 0.3) is 0 Å². The van der Waals surface area contributed by atoms with Crippen molar-refractivity contribution in [3.05, 3.63) is 10.5 Å². The SMILES string of the molecule is CCCCn1c(SCC(=O)N2CCC(C)CC2)n[nH]c1=O. The summed E-state index contributed by atoms with van der Waals surface area (Å²) in [5.74, 6) is 1.21. The van der Waals surface area contributed by atoms with E-state index in [1.54, 1.807) is 4.57 Å². The van der Waals surface area contributed by atoms with Gasteiger partial charge in [0.05, 0.1) is 5.75 Å². The molecule has 1 N–H and O–H groups in total. The molecule has 1 saturated heterocycles. The van der Waals surface area contributed by atoms with Crippen LogP contribution in [0.4, 0.5) is 0 Å². The Bertz CT molecular complexity index is 517. The third-order valence-corrected chi connectivity index (χ3v) is 4.88. The van der Waals surface area contributed by atoms with Gasteiger partial charge < -0.3 is 4.90 Å². The second-order valence-electron chi connectivity index (χ2n) is 5.67. The quantitative estimate of drug-likeness (QED) is 0.812. The molecule has 1 amide bonds. The Morgan fingerprint density at radius 1 is 1.43 bits per heavy atom. The molecule has 118 valence electrons. The number of aromatic nitrogens is 3. The van der Waals surface area contributed by atoms with E-state index in [0.29, 0.717) is 23.4 Å². The zero-order valence-corrected chi connectivity index (χ0v) is 13.6. The molecule has 0 atom stereocenters. The second-order valence-corrected chi connectivity index (χ2v) is 6.61. The number of aromatic amines is 1. The smallest absolute Gasteiger partial charge is 0.342 e. The summed E-state index contributed by atoms with van der Waals surface area (Å²) in [5, 5.41) is 7.10. The number of likely N-dealkylation sites (tertiary alicyclic amines) is 1. The molecule has 1 aromatic heterocycles. The van der Waals surface area contributed by atoms with Crippen LogP contribution in [0.3, 0.4) is 0 Å². The number of hydrogen-bond donors (Lipinski definition) is 1. The Morgan fingerprint density at radius 2 is 2.14 bits per heavy atom. The van der Waals surface area contributed by atoms with Crippen molar-refractivity contribution >= 4 is 17.7 Å². The number of H-pyrrole nitrogens is 1. The van der Waals surface area contributed by atoms with Gasteiger partial charge in [0.25, 0.3) is 0 Å². The van der Waals surface area contributed by atoms with Gasteiger partial charge in [-0.25, -0.2) is 9.89 Å². The van der Waals surface area contributed by atoms with E-state index in [1.165, 1.54) is 11.8 Å². The highest BCUT2D eigenvalue weighted by Crippen LogP contribution is 2.19. The first-order valence-corrected chi connectivity index (χ1v) is 8.66. The first-order chi connectivity index (χ1) is 10.1. The van der Waals surface area contributed by atoms with Gasteiger partial charge in [-0.05, 0) is 25.2 Å². The number of nitrogens with zero attached hydrogens (tertiary/aromatic N) is 3. The van der Waals surface area contributed by atoms with Crippen LogP contribution in [0.15, 0.2) is 9.95 Å². The van der Waals surface area contributed by atoms with Crippen LogP contribution in [0, 0.1) is 5.92 Å². The van der Waals surface area contributed by atoms with Crippen molar-refractivity contribution in [2.24, 2.45) is 5.92 Å². The number of amides is 1. The summed E-state index contributed by atoms with van der Waals surface area (Å²) in [7, 11) is 0. The molecule has 7 heteroatoms. The zero-order valence-electron chi connectivity index (χ0n) is 12.8. The van der Waals surface area contributed by atoms with Gasteiger partial charge in [0.2, 0.25) is 5.91 Å². The molecule has 0 unspecified atom stereocenters. The molecule has 1 fully saturated rings. The molecule has 2 heterocycles. The molecular formula is C14H24N4O2S. The predicted octanol–water partition coefficient (Wildman–Crippen LogP) is 1.72. The van der Waals surface area contributed by atoms with Gasteiger partial charge in [-0.15, -0.1) is 5.10 Å². The van der Waals surface area contributed by atoms with Gasteiger partial charge in [-0.2, -0.15) is 0 Å². The third-order valence-electron chi connectivity index (χ3n) is 3.92. The molecule has 0 spiro atoms. The minimum absolute atomic E-state index is 0.143. The lowest BCUT2D eigenvalue weighted by molar-refractivity contribution is -0.129. The summed E-state index contributed by atoms with van der Waals surface area (Å²) in [4.78, 5) is 25.8. The first-order valence-electron chi connectivity index (χ1n) is 7.67. The number of piperidine rings is 1. The summed E-state index contributed by atoms with van der Waals surface area (Å²) in [6, 6.07) is 0. The topological polar surface area (TPSA) is 71.0 Å². The average Bonchev–Trinajstić information content (AvgIpc) is 2.83. The van der Waals surface area contributed by atoms with Crippen molar-refractivity contribution in [2.75, 3.05) is 18.8 Å². The Hall–Kier alpha value is -1.24.